The Morgan fingerprint density at radius 1 is 1.33 bits per heavy atom. The van der Waals surface area contributed by atoms with Gasteiger partial charge in [-0.3, -0.25) is 0 Å². The largest absolute Gasteiger partial charge is 0.464 e. The van der Waals surface area contributed by atoms with Crippen molar-refractivity contribution in [1.29, 1.82) is 0 Å². The van der Waals surface area contributed by atoms with Crippen LogP contribution in [0.2, 0.25) is 0 Å². The molecule has 1 N–H and O–H groups in total. The first-order valence-electron chi connectivity index (χ1n) is 6.29. The lowest BCUT2D eigenvalue weighted by atomic mass is 10.2. The quantitative estimate of drug-likeness (QED) is 0.722. The van der Waals surface area contributed by atoms with Gasteiger partial charge in [0.1, 0.15) is 11.5 Å². The lowest BCUT2D eigenvalue weighted by Crippen LogP contribution is -2.03. The van der Waals surface area contributed by atoms with E-state index >= 15 is 0 Å². The fourth-order valence-corrected chi connectivity index (χ4v) is 2.40. The standard InChI is InChI=1S/C15H12BrN3O2/c1-8-5-11-12(7-10(8)16)19-14(18-11)9-3-4-17-13(6-9)15(20)21-2/h3-7H,1-2H3,(H,18,19). The van der Waals surface area contributed by atoms with Crippen molar-refractivity contribution in [2.24, 2.45) is 0 Å². The molecule has 0 saturated heterocycles. The van der Waals surface area contributed by atoms with Crippen LogP contribution in [0.4, 0.5) is 0 Å². The maximum Gasteiger partial charge on any atom is 0.356 e. The molecule has 0 saturated carbocycles. The number of rotatable bonds is 2. The van der Waals surface area contributed by atoms with Crippen molar-refractivity contribution < 1.29 is 9.53 Å². The lowest BCUT2D eigenvalue weighted by molar-refractivity contribution is 0.0594. The number of fused-ring (bicyclic) bond motifs is 1. The van der Waals surface area contributed by atoms with E-state index < -0.39 is 5.97 Å². The van der Waals surface area contributed by atoms with Crippen LogP contribution in [-0.2, 0) is 4.74 Å². The third kappa shape index (κ3) is 2.54. The second kappa shape index (κ2) is 5.29. The number of esters is 1. The van der Waals surface area contributed by atoms with E-state index in [0.717, 1.165) is 26.6 Å². The number of H-pyrrole nitrogens is 1. The van der Waals surface area contributed by atoms with Gasteiger partial charge in [0.2, 0.25) is 0 Å². The van der Waals surface area contributed by atoms with Gasteiger partial charge in [0.05, 0.1) is 18.1 Å². The van der Waals surface area contributed by atoms with Gasteiger partial charge in [-0.25, -0.2) is 14.8 Å². The summed E-state index contributed by atoms with van der Waals surface area (Å²) in [5, 5.41) is 0. The van der Waals surface area contributed by atoms with Crippen LogP contribution in [0, 0.1) is 6.92 Å². The maximum absolute atomic E-state index is 11.5. The van der Waals surface area contributed by atoms with Gasteiger partial charge in [-0.2, -0.15) is 0 Å². The normalized spacial score (nSPS) is 10.8. The number of nitrogens with zero attached hydrogens (tertiary/aromatic N) is 2. The van der Waals surface area contributed by atoms with E-state index in [2.05, 4.69) is 35.6 Å². The number of hydrogen-bond acceptors (Lipinski definition) is 4. The molecule has 0 spiro atoms. The van der Waals surface area contributed by atoms with Crippen molar-refractivity contribution >= 4 is 32.9 Å². The van der Waals surface area contributed by atoms with Crippen molar-refractivity contribution in [1.82, 2.24) is 15.0 Å². The number of halogens is 1. The summed E-state index contributed by atoms with van der Waals surface area (Å²) in [5.41, 5.74) is 3.98. The molecule has 0 aliphatic heterocycles. The molecule has 0 aliphatic rings. The molecule has 0 radical (unpaired) electrons. The number of aromatic amines is 1. The third-order valence-corrected chi connectivity index (χ3v) is 4.04. The third-order valence-electron chi connectivity index (χ3n) is 3.19. The van der Waals surface area contributed by atoms with E-state index in [1.807, 2.05) is 19.1 Å². The number of nitrogens with one attached hydrogen (secondary N) is 1. The molecule has 21 heavy (non-hydrogen) atoms. The number of hydrogen-bond donors (Lipinski definition) is 1. The number of aromatic nitrogens is 3. The highest BCUT2D eigenvalue weighted by Gasteiger charge is 2.11. The summed E-state index contributed by atoms with van der Waals surface area (Å²) in [5.74, 6) is 0.224. The summed E-state index contributed by atoms with van der Waals surface area (Å²) in [7, 11) is 1.33. The SMILES string of the molecule is COC(=O)c1cc(-c2nc3cc(Br)c(C)cc3[nH]2)ccn1. The summed E-state index contributed by atoms with van der Waals surface area (Å²) in [6.45, 7) is 2.02. The van der Waals surface area contributed by atoms with Crippen LogP contribution in [0.1, 0.15) is 16.1 Å². The van der Waals surface area contributed by atoms with Gasteiger partial charge in [-0.1, -0.05) is 15.9 Å². The number of pyridine rings is 1. The minimum atomic E-state index is -0.466. The van der Waals surface area contributed by atoms with Gasteiger partial charge in [0.25, 0.3) is 0 Å². The van der Waals surface area contributed by atoms with Crippen LogP contribution < -0.4 is 0 Å². The van der Waals surface area contributed by atoms with Gasteiger partial charge in [-0.15, -0.1) is 0 Å². The second-order valence-electron chi connectivity index (χ2n) is 4.63. The van der Waals surface area contributed by atoms with Crippen LogP contribution in [0.3, 0.4) is 0 Å². The predicted molar refractivity (Wildman–Crippen MR) is 83.1 cm³/mol. The van der Waals surface area contributed by atoms with Crippen LogP contribution in [0.15, 0.2) is 34.9 Å². The number of imidazole rings is 1. The molecule has 0 bridgehead atoms. The Morgan fingerprint density at radius 2 is 2.14 bits per heavy atom. The number of benzene rings is 1. The Kier molecular flexibility index (Phi) is 3.47. The van der Waals surface area contributed by atoms with Gasteiger partial charge in [-0.05, 0) is 36.8 Å². The smallest absolute Gasteiger partial charge is 0.356 e. The van der Waals surface area contributed by atoms with Gasteiger partial charge in [0.15, 0.2) is 0 Å². The average Bonchev–Trinajstić information content (AvgIpc) is 2.90. The summed E-state index contributed by atoms with van der Waals surface area (Å²) in [6, 6.07) is 7.45. The molecule has 2 heterocycles. The van der Waals surface area contributed by atoms with E-state index in [1.54, 1.807) is 18.3 Å². The van der Waals surface area contributed by atoms with Crippen molar-refractivity contribution in [2.45, 2.75) is 6.92 Å². The molecule has 0 aliphatic carbocycles. The minimum Gasteiger partial charge on any atom is -0.464 e. The average molecular weight is 346 g/mol. The molecule has 0 unspecified atom stereocenters. The topological polar surface area (TPSA) is 67.9 Å². The first-order chi connectivity index (χ1) is 10.1. The number of carbonyl (C=O) groups is 1. The highest BCUT2D eigenvalue weighted by Crippen LogP contribution is 2.25. The van der Waals surface area contributed by atoms with Gasteiger partial charge in [0, 0.05) is 16.2 Å². The molecule has 6 heteroatoms. The van der Waals surface area contributed by atoms with Crippen molar-refractivity contribution in [3.63, 3.8) is 0 Å². The molecule has 5 nitrogen and oxygen atoms in total. The Morgan fingerprint density at radius 3 is 2.90 bits per heavy atom. The fourth-order valence-electron chi connectivity index (χ4n) is 2.07. The molecule has 3 aromatic rings. The monoisotopic (exact) mass is 345 g/mol. The second-order valence-corrected chi connectivity index (χ2v) is 5.48. The summed E-state index contributed by atoms with van der Waals surface area (Å²) in [6.07, 6.45) is 1.57. The molecule has 3 rings (SSSR count). The predicted octanol–water partition coefficient (Wildman–Crippen LogP) is 3.48. The Hall–Kier alpha value is -2.21. The van der Waals surface area contributed by atoms with Crippen LogP contribution in [0.25, 0.3) is 22.4 Å². The van der Waals surface area contributed by atoms with Crippen molar-refractivity contribution in [3.8, 4) is 11.4 Å². The Balaban J connectivity index is 2.10. The first kappa shape index (κ1) is 13.8. The lowest BCUT2D eigenvalue weighted by Gasteiger charge is -2.00. The Bertz CT molecular complexity index is 803. The summed E-state index contributed by atoms with van der Waals surface area (Å²) < 4.78 is 5.69. The highest BCUT2D eigenvalue weighted by molar-refractivity contribution is 9.10. The van der Waals surface area contributed by atoms with E-state index in [0.29, 0.717) is 5.82 Å². The van der Waals surface area contributed by atoms with E-state index in [4.69, 9.17) is 0 Å². The van der Waals surface area contributed by atoms with Crippen LogP contribution in [-0.4, -0.2) is 28.0 Å². The Labute approximate surface area is 129 Å². The molecule has 0 amide bonds. The summed E-state index contributed by atoms with van der Waals surface area (Å²) >= 11 is 3.50. The summed E-state index contributed by atoms with van der Waals surface area (Å²) in [4.78, 5) is 23.3. The molecular formula is C15H12BrN3O2. The molecular weight excluding hydrogens is 334 g/mol. The van der Waals surface area contributed by atoms with E-state index in [-0.39, 0.29) is 5.69 Å². The molecule has 0 atom stereocenters. The molecule has 2 aromatic heterocycles. The molecule has 0 fully saturated rings. The molecule has 106 valence electrons. The zero-order valence-corrected chi connectivity index (χ0v) is 13.1. The zero-order valence-electron chi connectivity index (χ0n) is 11.5. The fraction of sp³-hybridized carbons (Fsp3) is 0.133. The highest BCUT2D eigenvalue weighted by atomic mass is 79.9. The van der Waals surface area contributed by atoms with Gasteiger partial charge < -0.3 is 9.72 Å². The number of ether oxygens (including phenoxy) is 1. The van der Waals surface area contributed by atoms with Gasteiger partial charge >= 0.3 is 5.97 Å². The first-order valence-corrected chi connectivity index (χ1v) is 7.08. The zero-order chi connectivity index (χ0) is 15.0. The van der Waals surface area contributed by atoms with Crippen LogP contribution in [0.5, 0.6) is 0 Å². The molecule has 1 aromatic carbocycles. The van der Waals surface area contributed by atoms with Crippen molar-refractivity contribution in [3.05, 3.63) is 46.2 Å². The van der Waals surface area contributed by atoms with Crippen molar-refractivity contribution in [2.75, 3.05) is 7.11 Å². The van der Waals surface area contributed by atoms with Crippen LogP contribution >= 0.6 is 15.9 Å². The minimum absolute atomic E-state index is 0.257. The van der Waals surface area contributed by atoms with E-state index in [1.165, 1.54) is 7.11 Å². The number of methoxy groups -OCH3 is 1. The maximum atomic E-state index is 11.5. The van der Waals surface area contributed by atoms with E-state index in [9.17, 15) is 4.79 Å². The number of carbonyl (C=O) groups excluding carboxylic acids is 1. The number of aryl methyl sites for hydroxylation is 1.